The number of aliphatic hydroxyl groups is 1. The van der Waals surface area contributed by atoms with E-state index >= 15 is 0 Å². The fraction of sp³-hybridized carbons (Fsp3) is 0.579. The first-order chi connectivity index (χ1) is 12.7. The number of aliphatic hydroxyl groups excluding tert-OH is 1. The standard InChI is InChI=1S/C19H24N4O2S/c24-14-2-8-23(13-14)17-1-7-20-18(21-17)22-9-5-19(6-10-22)15-4-12-26-16(15)3-11-25-19/h1,4,7,12,14,24H,2-3,5-6,8-11,13H2. The van der Waals surface area contributed by atoms with Crippen molar-refractivity contribution in [3.8, 4) is 0 Å². The monoisotopic (exact) mass is 372 g/mol. The van der Waals surface area contributed by atoms with Crippen molar-refractivity contribution < 1.29 is 9.84 Å². The van der Waals surface area contributed by atoms with Crippen LogP contribution >= 0.6 is 11.3 Å². The molecule has 7 heteroatoms. The van der Waals surface area contributed by atoms with Gasteiger partial charge in [0, 0.05) is 43.7 Å². The SMILES string of the molecule is OC1CCN(c2ccnc(N3CCC4(CC3)OCCc3sccc34)n2)C1. The summed E-state index contributed by atoms with van der Waals surface area (Å²) in [6, 6.07) is 4.19. The molecule has 0 amide bonds. The van der Waals surface area contributed by atoms with Gasteiger partial charge in [-0.05, 0) is 42.3 Å². The molecule has 1 N–H and O–H groups in total. The van der Waals surface area contributed by atoms with Gasteiger partial charge in [-0.1, -0.05) is 0 Å². The Labute approximate surface area is 157 Å². The van der Waals surface area contributed by atoms with E-state index in [9.17, 15) is 5.11 Å². The summed E-state index contributed by atoms with van der Waals surface area (Å²) in [5.41, 5.74) is 1.30. The molecule has 0 aromatic carbocycles. The van der Waals surface area contributed by atoms with E-state index < -0.39 is 0 Å². The summed E-state index contributed by atoms with van der Waals surface area (Å²) in [6.45, 7) is 4.16. The molecule has 2 aromatic rings. The zero-order chi connectivity index (χ0) is 17.6. The highest BCUT2D eigenvalue weighted by Crippen LogP contribution is 2.43. The molecule has 26 heavy (non-hydrogen) atoms. The Morgan fingerprint density at radius 2 is 2.08 bits per heavy atom. The highest BCUT2D eigenvalue weighted by Gasteiger charge is 2.41. The number of thiophene rings is 1. The first-order valence-corrected chi connectivity index (χ1v) is 10.3. The van der Waals surface area contributed by atoms with E-state index in [0.717, 1.165) is 63.7 Å². The van der Waals surface area contributed by atoms with Crippen LogP contribution in [0.25, 0.3) is 0 Å². The highest BCUT2D eigenvalue weighted by atomic mass is 32.1. The van der Waals surface area contributed by atoms with Crippen molar-refractivity contribution in [1.82, 2.24) is 9.97 Å². The van der Waals surface area contributed by atoms with E-state index in [0.29, 0.717) is 6.54 Å². The zero-order valence-electron chi connectivity index (χ0n) is 14.8. The lowest BCUT2D eigenvalue weighted by atomic mass is 9.82. The van der Waals surface area contributed by atoms with Gasteiger partial charge in [-0.2, -0.15) is 4.98 Å². The van der Waals surface area contributed by atoms with Crippen molar-refractivity contribution in [2.75, 3.05) is 42.6 Å². The fourth-order valence-corrected chi connectivity index (χ4v) is 5.41. The molecule has 0 bridgehead atoms. The number of β-amino-alcohol motifs (C(OH)–C–C–N with tert-alkyl or cyclic N) is 1. The van der Waals surface area contributed by atoms with Crippen LogP contribution in [0.5, 0.6) is 0 Å². The Bertz CT molecular complexity index is 787. The summed E-state index contributed by atoms with van der Waals surface area (Å²) >= 11 is 1.86. The first-order valence-electron chi connectivity index (χ1n) is 9.45. The molecule has 5 rings (SSSR count). The predicted molar refractivity (Wildman–Crippen MR) is 102 cm³/mol. The van der Waals surface area contributed by atoms with Crippen molar-refractivity contribution in [3.05, 3.63) is 34.2 Å². The average molecular weight is 372 g/mol. The molecule has 1 spiro atoms. The molecule has 0 saturated carbocycles. The van der Waals surface area contributed by atoms with Crippen LogP contribution in [-0.2, 0) is 16.8 Å². The van der Waals surface area contributed by atoms with Crippen molar-refractivity contribution >= 4 is 23.1 Å². The second kappa shape index (κ2) is 6.48. The van der Waals surface area contributed by atoms with Gasteiger partial charge in [0.2, 0.25) is 5.95 Å². The maximum Gasteiger partial charge on any atom is 0.227 e. The van der Waals surface area contributed by atoms with Crippen molar-refractivity contribution in [2.45, 2.75) is 37.4 Å². The number of ether oxygens (including phenoxy) is 1. The lowest BCUT2D eigenvalue weighted by Crippen LogP contribution is -2.46. The minimum Gasteiger partial charge on any atom is -0.391 e. The Balaban J connectivity index is 1.32. The number of anilines is 2. The quantitative estimate of drug-likeness (QED) is 0.872. The molecule has 5 heterocycles. The number of piperidine rings is 1. The fourth-order valence-electron chi connectivity index (χ4n) is 4.46. The number of fused-ring (bicyclic) bond motifs is 2. The lowest BCUT2D eigenvalue weighted by Gasteiger charge is -2.44. The molecule has 1 atom stereocenters. The van der Waals surface area contributed by atoms with E-state index in [1.54, 1.807) is 0 Å². The average Bonchev–Trinajstić information content (AvgIpc) is 3.32. The highest BCUT2D eigenvalue weighted by molar-refractivity contribution is 7.10. The summed E-state index contributed by atoms with van der Waals surface area (Å²) in [6.07, 6.45) is 5.41. The van der Waals surface area contributed by atoms with Crippen LogP contribution in [0, 0.1) is 0 Å². The molecule has 138 valence electrons. The smallest absolute Gasteiger partial charge is 0.227 e. The molecule has 0 radical (unpaired) electrons. The summed E-state index contributed by atoms with van der Waals surface area (Å²) in [5, 5.41) is 12.0. The summed E-state index contributed by atoms with van der Waals surface area (Å²) in [4.78, 5) is 15.2. The van der Waals surface area contributed by atoms with Crippen molar-refractivity contribution in [1.29, 1.82) is 0 Å². The van der Waals surface area contributed by atoms with Crippen molar-refractivity contribution in [3.63, 3.8) is 0 Å². The minimum atomic E-state index is -0.244. The van der Waals surface area contributed by atoms with Gasteiger partial charge in [0.1, 0.15) is 5.82 Å². The van der Waals surface area contributed by atoms with E-state index in [2.05, 4.69) is 26.2 Å². The number of rotatable bonds is 2. The van der Waals surface area contributed by atoms with Crippen molar-refractivity contribution in [2.24, 2.45) is 0 Å². The number of hydrogen-bond acceptors (Lipinski definition) is 7. The third kappa shape index (κ3) is 2.78. The maximum atomic E-state index is 9.77. The molecule has 2 aromatic heterocycles. The molecular weight excluding hydrogens is 348 g/mol. The third-order valence-corrected chi connectivity index (χ3v) is 6.89. The second-order valence-corrected chi connectivity index (χ2v) is 8.44. The number of hydrogen-bond donors (Lipinski definition) is 1. The lowest BCUT2D eigenvalue weighted by molar-refractivity contribution is -0.0757. The van der Waals surface area contributed by atoms with Gasteiger partial charge in [0.15, 0.2) is 0 Å². The predicted octanol–water partition coefficient (Wildman–Crippen LogP) is 2.18. The van der Waals surface area contributed by atoms with E-state index in [4.69, 9.17) is 9.72 Å². The van der Waals surface area contributed by atoms with Crippen LogP contribution in [0.1, 0.15) is 29.7 Å². The molecular formula is C19H24N4O2S. The molecule has 3 aliphatic rings. The summed E-state index contributed by atoms with van der Waals surface area (Å²) in [5.74, 6) is 1.71. The Morgan fingerprint density at radius 3 is 2.88 bits per heavy atom. The van der Waals surface area contributed by atoms with Crippen LogP contribution in [0.2, 0.25) is 0 Å². The molecule has 2 fully saturated rings. The third-order valence-electron chi connectivity index (χ3n) is 5.91. The largest absolute Gasteiger partial charge is 0.391 e. The van der Waals surface area contributed by atoms with Gasteiger partial charge in [0.05, 0.1) is 18.3 Å². The second-order valence-electron chi connectivity index (χ2n) is 7.44. The van der Waals surface area contributed by atoms with Crippen LogP contribution in [0.3, 0.4) is 0 Å². The number of nitrogens with zero attached hydrogens (tertiary/aromatic N) is 4. The summed E-state index contributed by atoms with van der Waals surface area (Å²) < 4.78 is 6.30. The molecule has 0 aliphatic carbocycles. The Kier molecular flexibility index (Phi) is 4.10. The van der Waals surface area contributed by atoms with Crippen LogP contribution in [0.4, 0.5) is 11.8 Å². The van der Waals surface area contributed by atoms with E-state index in [1.807, 2.05) is 23.6 Å². The minimum absolute atomic E-state index is 0.110. The van der Waals surface area contributed by atoms with Gasteiger partial charge < -0.3 is 19.6 Å². The first kappa shape index (κ1) is 16.5. The van der Waals surface area contributed by atoms with Crippen LogP contribution in [-0.4, -0.2) is 54.0 Å². The van der Waals surface area contributed by atoms with E-state index in [-0.39, 0.29) is 11.7 Å². The maximum absolute atomic E-state index is 9.77. The van der Waals surface area contributed by atoms with Gasteiger partial charge in [-0.3, -0.25) is 0 Å². The van der Waals surface area contributed by atoms with Gasteiger partial charge in [-0.15, -0.1) is 11.3 Å². The molecule has 2 saturated heterocycles. The molecule has 3 aliphatic heterocycles. The number of aromatic nitrogens is 2. The van der Waals surface area contributed by atoms with E-state index in [1.165, 1.54) is 10.4 Å². The van der Waals surface area contributed by atoms with Gasteiger partial charge in [-0.25, -0.2) is 4.98 Å². The van der Waals surface area contributed by atoms with Crippen LogP contribution in [0.15, 0.2) is 23.7 Å². The van der Waals surface area contributed by atoms with Gasteiger partial charge in [0.25, 0.3) is 0 Å². The molecule has 6 nitrogen and oxygen atoms in total. The van der Waals surface area contributed by atoms with Crippen LogP contribution < -0.4 is 9.80 Å². The summed E-state index contributed by atoms with van der Waals surface area (Å²) in [7, 11) is 0. The topological polar surface area (TPSA) is 61.7 Å². The Morgan fingerprint density at radius 1 is 1.19 bits per heavy atom. The molecule has 1 unspecified atom stereocenters. The normalized spacial score (nSPS) is 24.9. The Hall–Kier alpha value is -1.70. The van der Waals surface area contributed by atoms with Gasteiger partial charge >= 0.3 is 0 Å². The zero-order valence-corrected chi connectivity index (χ0v) is 15.6.